The molecule has 0 spiro atoms. The fraction of sp³-hybridized carbons (Fsp3) is 0.250. The van der Waals surface area contributed by atoms with E-state index in [0.717, 1.165) is 4.90 Å². The third-order valence-electron chi connectivity index (χ3n) is 1.20. The lowest BCUT2D eigenvalue weighted by atomic mass is 10.4. The first-order chi connectivity index (χ1) is 5.72. The Labute approximate surface area is 86.1 Å². The normalized spacial score (nSPS) is 10.7. The largest absolute Gasteiger partial charge is 0.253 e. The molecule has 0 aliphatic rings. The maximum atomic E-state index is 5.58. The molecule has 4 heteroatoms. The highest BCUT2D eigenvalue weighted by Crippen LogP contribution is 2.25. The Morgan fingerprint density at radius 1 is 1.08 bits per heavy atom. The summed E-state index contributed by atoms with van der Waals surface area (Å²) in [5.41, 5.74) is 0. The van der Waals surface area contributed by atoms with Gasteiger partial charge in [-0.15, -0.1) is 0 Å². The molecule has 0 aliphatic carbocycles. The average molecular weight is 220 g/mol. The van der Waals surface area contributed by atoms with Gasteiger partial charge < -0.3 is 0 Å². The first-order valence-corrected chi connectivity index (χ1v) is 5.88. The van der Waals surface area contributed by atoms with Crippen molar-refractivity contribution in [2.45, 2.75) is 9.79 Å². The van der Waals surface area contributed by atoms with Crippen LogP contribution in [0.2, 0.25) is 0 Å². The van der Waals surface area contributed by atoms with Crippen LogP contribution in [0.1, 0.15) is 0 Å². The van der Waals surface area contributed by atoms with Crippen LogP contribution in [0.4, 0.5) is 0 Å². The molecule has 0 radical (unpaired) electrons. The summed E-state index contributed by atoms with van der Waals surface area (Å²) in [6.07, 6.45) is 0. The van der Waals surface area contributed by atoms with Crippen molar-refractivity contribution in [2.75, 3.05) is 14.1 Å². The van der Waals surface area contributed by atoms with Crippen molar-refractivity contribution in [3.63, 3.8) is 0 Å². The molecule has 0 N–H and O–H groups in total. The van der Waals surface area contributed by atoms with E-state index in [2.05, 4.69) is 16.4 Å². The summed E-state index contributed by atoms with van der Waals surface area (Å²) in [5.74, 6) is 0. The molecule has 1 rings (SSSR count). The SMILES string of the molecule is CN(C)Sc1ccc(SCl)cc1. The molecule has 66 valence electrons. The summed E-state index contributed by atoms with van der Waals surface area (Å²) in [6.45, 7) is 0. The molecule has 1 nitrogen and oxygen atoms in total. The number of hydrogen-bond acceptors (Lipinski definition) is 3. The number of nitrogens with zero attached hydrogens (tertiary/aromatic N) is 1. The Kier molecular flexibility index (Phi) is 4.29. The van der Waals surface area contributed by atoms with Crippen LogP contribution in [-0.4, -0.2) is 18.4 Å². The lowest BCUT2D eigenvalue weighted by Crippen LogP contribution is -1.98. The zero-order chi connectivity index (χ0) is 8.97. The molecule has 0 unspecified atom stereocenters. The Morgan fingerprint density at radius 2 is 1.58 bits per heavy atom. The molecule has 0 heterocycles. The van der Waals surface area contributed by atoms with Gasteiger partial charge >= 0.3 is 0 Å². The second kappa shape index (κ2) is 5.02. The molecule has 0 amide bonds. The lowest BCUT2D eigenvalue weighted by Gasteiger charge is -2.07. The van der Waals surface area contributed by atoms with Crippen LogP contribution in [0.3, 0.4) is 0 Å². The van der Waals surface area contributed by atoms with E-state index in [1.807, 2.05) is 26.2 Å². The van der Waals surface area contributed by atoms with Crippen molar-refractivity contribution in [3.05, 3.63) is 24.3 Å². The van der Waals surface area contributed by atoms with Crippen LogP contribution in [-0.2, 0) is 0 Å². The van der Waals surface area contributed by atoms with Crippen molar-refractivity contribution in [3.8, 4) is 0 Å². The lowest BCUT2D eigenvalue weighted by molar-refractivity contribution is 0.702. The standard InChI is InChI=1S/C8H10ClNS2/c1-10(2)12-8-5-3-7(11-9)4-6-8/h3-6H,1-2H3. The third-order valence-corrected chi connectivity index (χ3v) is 3.03. The minimum absolute atomic E-state index is 1.08. The summed E-state index contributed by atoms with van der Waals surface area (Å²) in [7, 11) is 10.9. The molecule has 0 atom stereocenters. The van der Waals surface area contributed by atoms with Gasteiger partial charge in [0.25, 0.3) is 0 Å². The van der Waals surface area contributed by atoms with Crippen LogP contribution < -0.4 is 0 Å². The monoisotopic (exact) mass is 219 g/mol. The Hall–Kier alpha value is 0.170. The molecule has 0 aromatic heterocycles. The fourth-order valence-electron chi connectivity index (χ4n) is 0.763. The van der Waals surface area contributed by atoms with Gasteiger partial charge in [0.05, 0.1) is 0 Å². The van der Waals surface area contributed by atoms with Gasteiger partial charge in [0.2, 0.25) is 0 Å². The smallest absolute Gasteiger partial charge is 0.0234 e. The Balaban J connectivity index is 2.65. The van der Waals surface area contributed by atoms with Gasteiger partial charge in [-0.25, -0.2) is 0 Å². The Bertz CT molecular complexity index is 235. The third kappa shape index (κ3) is 3.27. The van der Waals surface area contributed by atoms with Crippen LogP contribution in [0.15, 0.2) is 34.1 Å². The maximum absolute atomic E-state index is 5.58. The summed E-state index contributed by atoms with van der Waals surface area (Å²) < 4.78 is 2.06. The molecule has 0 aliphatic heterocycles. The van der Waals surface area contributed by atoms with Gasteiger partial charge in [-0.3, -0.25) is 4.31 Å². The van der Waals surface area contributed by atoms with Gasteiger partial charge in [0.1, 0.15) is 0 Å². The highest BCUT2D eigenvalue weighted by Gasteiger charge is 1.96. The summed E-state index contributed by atoms with van der Waals surface area (Å²) >= 11 is 1.70. The Morgan fingerprint density at radius 3 is 2.00 bits per heavy atom. The number of benzene rings is 1. The fourth-order valence-corrected chi connectivity index (χ4v) is 1.99. The van der Waals surface area contributed by atoms with Crippen molar-refractivity contribution in [1.29, 1.82) is 0 Å². The van der Waals surface area contributed by atoms with Crippen LogP contribution >= 0.6 is 33.6 Å². The van der Waals surface area contributed by atoms with E-state index < -0.39 is 0 Å². The topological polar surface area (TPSA) is 3.24 Å². The van der Waals surface area contributed by atoms with Gasteiger partial charge in [-0.2, -0.15) is 0 Å². The van der Waals surface area contributed by atoms with Crippen molar-refractivity contribution in [2.24, 2.45) is 0 Å². The second-order valence-corrected chi connectivity index (χ2v) is 4.93. The van der Waals surface area contributed by atoms with E-state index in [1.165, 1.54) is 15.9 Å². The van der Waals surface area contributed by atoms with Crippen LogP contribution in [0.25, 0.3) is 0 Å². The van der Waals surface area contributed by atoms with E-state index >= 15 is 0 Å². The van der Waals surface area contributed by atoms with Gasteiger partial charge in [0, 0.05) is 9.79 Å². The number of rotatable bonds is 3. The van der Waals surface area contributed by atoms with Crippen LogP contribution in [0, 0.1) is 0 Å². The van der Waals surface area contributed by atoms with E-state index in [-0.39, 0.29) is 0 Å². The predicted molar refractivity (Wildman–Crippen MR) is 57.7 cm³/mol. The quantitative estimate of drug-likeness (QED) is 0.717. The minimum Gasteiger partial charge on any atom is -0.253 e. The molecule has 0 fully saturated rings. The summed E-state index contributed by atoms with van der Waals surface area (Å²) in [5, 5.41) is 0. The maximum Gasteiger partial charge on any atom is 0.0234 e. The molecule has 1 aromatic carbocycles. The molecule has 0 bridgehead atoms. The van der Waals surface area contributed by atoms with Gasteiger partial charge in [-0.1, -0.05) is 0 Å². The zero-order valence-electron chi connectivity index (χ0n) is 6.95. The highest BCUT2D eigenvalue weighted by molar-refractivity contribution is 8.21. The molecule has 0 saturated heterocycles. The van der Waals surface area contributed by atoms with Gasteiger partial charge in [-0.05, 0) is 72.0 Å². The first-order valence-electron chi connectivity index (χ1n) is 3.46. The van der Waals surface area contributed by atoms with Gasteiger partial charge in [0.15, 0.2) is 0 Å². The number of hydrogen-bond donors (Lipinski definition) is 0. The highest BCUT2D eigenvalue weighted by atomic mass is 35.7. The molecular formula is C8H10ClNS2. The van der Waals surface area contributed by atoms with E-state index in [0.29, 0.717) is 0 Å². The van der Waals surface area contributed by atoms with Crippen molar-refractivity contribution < 1.29 is 0 Å². The average Bonchev–Trinajstić information content (AvgIpc) is 2.05. The predicted octanol–water partition coefficient (Wildman–Crippen LogP) is 3.50. The first kappa shape index (κ1) is 10.3. The van der Waals surface area contributed by atoms with E-state index in [4.69, 9.17) is 10.7 Å². The molecular weight excluding hydrogens is 210 g/mol. The minimum atomic E-state index is 1.08. The number of halogens is 1. The molecule has 0 saturated carbocycles. The van der Waals surface area contributed by atoms with Crippen molar-refractivity contribution in [1.82, 2.24) is 4.31 Å². The zero-order valence-corrected chi connectivity index (χ0v) is 9.34. The molecule has 12 heavy (non-hydrogen) atoms. The second-order valence-electron chi connectivity index (χ2n) is 2.45. The van der Waals surface area contributed by atoms with Crippen molar-refractivity contribution >= 4 is 33.6 Å². The van der Waals surface area contributed by atoms with E-state index in [1.54, 1.807) is 11.9 Å². The summed E-state index contributed by atoms with van der Waals surface area (Å²) in [4.78, 5) is 2.31. The molecule has 1 aromatic rings. The van der Waals surface area contributed by atoms with E-state index in [9.17, 15) is 0 Å². The summed E-state index contributed by atoms with van der Waals surface area (Å²) in [6, 6.07) is 8.16. The van der Waals surface area contributed by atoms with Crippen LogP contribution in [0.5, 0.6) is 0 Å².